The van der Waals surface area contributed by atoms with E-state index in [1.165, 1.54) is 0 Å². The monoisotopic (exact) mass is 435 g/mol. The lowest BCUT2D eigenvalue weighted by Gasteiger charge is -2.30. The SMILES string of the molecule is COc1ccc(C(=O)[C@H]2[C@H]3C(=O)N(c4cccc(Cl)c4)C(=O)[C@H]3[C@H]3C=CC=NN32)cc1. The van der Waals surface area contributed by atoms with E-state index in [0.29, 0.717) is 22.0 Å². The zero-order valence-corrected chi connectivity index (χ0v) is 17.3. The van der Waals surface area contributed by atoms with Crippen LogP contribution >= 0.6 is 11.6 Å². The fourth-order valence-electron chi connectivity index (χ4n) is 4.63. The van der Waals surface area contributed by atoms with Crippen molar-refractivity contribution in [2.75, 3.05) is 12.0 Å². The number of methoxy groups -OCH3 is 1. The van der Waals surface area contributed by atoms with E-state index in [-0.39, 0.29) is 11.7 Å². The van der Waals surface area contributed by atoms with Crippen molar-refractivity contribution in [3.63, 3.8) is 0 Å². The first kappa shape index (κ1) is 19.5. The Morgan fingerprint density at radius 3 is 2.52 bits per heavy atom. The van der Waals surface area contributed by atoms with Gasteiger partial charge in [0.25, 0.3) is 0 Å². The van der Waals surface area contributed by atoms with Crippen molar-refractivity contribution >= 4 is 41.1 Å². The summed E-state index contributed by atoms with van der Waals surface area (Å²) < 4.78 is 5.16. The minimum absolute atomic E-state index is 0.262. The fraction of sp³-hybridized carbons (Fsp3) is 0.217. The summed E-state index contributed by atoms with van der Waals surface area (Å²) in [5.74, 6) is -1.95. The van der Waals surface area contributed by atoms with Crippen LogP contribution in [0.25, 0.3) is 0 Å². The molecule has 8 heteroatoms. The smallest absolute Gasteiger partial charge is 0.240 e. The number of Topliss-reactive ketones (excluding diaryl/α,β-unsaturated/α-hetero) is 1. The van der Waals surface area contributed by atoms with Gasteiger partial charge in [-0.2, -0.15) is 5.10 Å². The molecule has 31 heavy (non-hydrogen) atoms. The number of fused-ring (bicyclic) bond motifs is 3. The van der Waals surface area contributed by atoms with Crippen molar-refractivity contribution in [1.29, 1.82) is 0 Å². The standard InChI is InChI=1S/C23H18ClN3O4/c1-31-16-9-7-13(8-10-16)21(28)20-19-18(17-6-3-11-25-27(17)20)22(29)26(23(19)30)15-5-2-4-14(24)12-15/h2-12,17-20H,1H3/t17-,18+,19+,20-/m1/s1. The lowest BCUT2D eigenvalue weighted by atomic mass is 9.86. The van der Waals surface area contributed by atoms with Gasteiger partial charge in [0, 0.05) is 16.8 Å². The number of carbonyl (C=O) groups is 3. The van der Waals surface area contributed by atoms with Crippen LogP contribution in [-0.2, 0) is 9.59 Å². The Labute approximate surface area is 183 Å². The third kappa shape index (κ3) is 2.96. The summed E-state index contributed by atoms with van der Waals surface area (Å²) in [5.41, 5.74) is 0.832. The highest BCUT2D eigenvalue weighted by molar-refractivity contribution is 6.31. The Kier molecular flexibility index (Phi) is 4.63. The van der Waals surface area contributed by atoms with Gasteiger partial charge in [-0.05, 0) is 48.5 Å². The molecule has 0 bridgehead atoms. The van der Waals surface area contributed by atoms with Gasteiger partial charge in [-0.1, -0.05) is 23.7 Å². The number of nitrogens with zero attached hydrogens (tertiary/aromatic N) is 3. The third-order valence-electron chi connectivity index (χ3n) is 6.00. The van der Waals surface area contributed by atoms with Crippen LogP contribution in [0.5, 0.6) is 5.75 Å². The van der Waals surface area contributed by atoms with Gasteiger partial charge in [-0.15, -0.1) is 0 Å². The highest BCUT2D eigenvalue weighted by Crippen LogP contribution is 2.46. The first-order chi connectivity index (χ1) is 15.0. The second-order valence-corrected chi connectivity index (χ2v) is 8.04. The quantitative estimate of drug-likeness (QED) is 0.545. The van der Waals surface area contributed by atoms with E-state index in [2.05, 4.69) is 5.10 Å². The van der Waals surface area contributed by atoms with Gasteiger partial charge >= 0.3 is 0 Å². The maximum Gasteiger partial charge on any atom is 0.240 e. The van der Waals surface area contributed by atoms with Crippen LogP contribution in [0.3, 0.4) is 0 Å². The Bertz CT molecular complexity index is 1140. The van der Waals surface area contributed by atoms with E-state index in [1.807, 2.05) is 6.08 Å². The Hall–Kier alpha value is -3.45. The predicted octanol–water partition coefficient (Wildman–Crippen LogP) is 2.95. The number of benzene rings is 2. The zero-order chi connectivity index (χ0) is 21.7. The van der Waals surface area contributed by atoms with Gasteiger partial charge in [0.2, 0.25) is 11.8 Å². The van der Waals surface area contributed by atoms with Crippen LogP contribution in [-0.4, -0.2) is 48.0 Å². The Balaban J connectivity index is 1.56. The minimum atomic E-state index is -0.884. The number of allylic oxidation sites excluding steroid dienone is 1. The van der Waals surface area contributed by atoms with E-state index in [1.54, 1.807) is 72.9 Å². The summed E-state index contributed by atoms with van der Waals surface area (Å²) in [6.07, 6.45) is 5.12. The number of ketones is 1. The molecule has 0 saturated carbocycles. The van der Waals surface area contributed by atoms with Gasteiger partial charge in [0.1, 0.15) is 11.8 Å². The number of amides is 2. The molecule has 0 aromatic heterocycles. The van der Waals surface area contributed by atoms with Crippen LogP contribution in [0, 0.1) is 11.8 Å². The first-order valence-corrected chi connectivity index (χ1v) is 10.2. The molecule has 2 aromatic carbocycles. The zero-order valence-electron chi connectivity index (χ0n) is 16.5. The van der Waals surface area contributed by atoms with Crippen molar-refractivity contribution in [2.45, 2.75) is 12.1 Å². The molecule has 2 saturated heterocycles. The average Bonchev–Trinajstić information content (AvgIpc) is 3.26. The molecule has 3 aliphatic rings. The number of hydrazone groups is 1. The van der Waals surface area contributed by atoms with E-state index in [4.69, 9.17) is 16.3 Å². The molecular formula is C23H18ClN3O4. The first-order valence-electron chi connectivity index (χ1n) is 9.82. The van der Waals surface area contributed by atoms with Crippen molar-refractivity contribution in [3.05, 3.63) is 71.3 Å². The van der Waals surface area contributed by atoms with Gasteiger partial charge in [-0.3, -0.25) is 19.4 Å². The van der Waals surface area contributed by atoms with E-state index >= 15 is 0 Å². The molecule has 0 radical (unpaired) electrons. The number of carbonyl (C=O) groups excluding carboxylic acids is 3. The van der Waals surface area contributed by atoms with Gasteiger partial charge in [0.15, 0.2) is 5.78 Å². The molecule has 3 heterocycles. The second kappa shape index (κ2) is 7.35. The Morgan fingerprint density at radius 1 is 1.06 bits per heavy atom. The molecule has 3 aliphatic heterocycles. The Morgan fingerprint density at radius 2 is 1.81 bits per heavy atom. The molecule has 4 atom stereocenters. The molecule has 5 rings (SSSR count). The average molecular weight is 436 g/mol. The summed E-state index contributed by atoms with van der Waals surface area (Å²) in [5, 5.41) is 6.36. The second-order valence-electron chi connectivity index (χ2n) is 7.60. The third-order valence-corrected chi connectivity index (χ3v) is 6.24. The normalized spacial score (nSPS) is 26.3. The van der Waals surface area contributed by atoms with Crippen LogP contribution in [0.2, 0.25) is 5.02 Å². The van der Waals surface area contributed by atoms with E-state index in [9.17, 15) is 14.4 Å². The molecule has 0 unspecified atom stereocenters. The fourth-order valence-corrected chi connectivity index (χ4v) is 4.82. The molecule has 156 valence electrons. The largest absolute Gasteiger partial charge is 0.497 e. The highest BCUT2D eigenvalue weighted by atomic mass is 35.5. The summed E-state index contributed by atoms with van der Waals surface area (Å²) >= 11 is 6.08. The molecule has 0 aliphatic carbocycles. The molecule has 2 fully saturated rings. The summed E-state index contributed by atoms with van der Waals surface area (Å²) in [4.78, 5) is 41.5. The number of hydrogen-bond donors (Lipinski definition) is 0. The van der Waals surface area contributed by atoms with E-state index < -0.39 is 29.8 Å². The van der Waals surface area contributed by atoms with Crippen molar-refractivity contribution in [1.82, 2.24) is 5.01 Å². The number of ether oxygens (including phenoxy) is 1. The van der Waals surface area contributed by atoms with Crippen LogP contribution in [0.4, 0.5) is 5.69 Å². The molecule has 0 N–H and O–H groups in total. The van der Waals surface area contributed by atoms with Crippen molar-refractivity contribution in [2.24, 2.45) is 16.9 Å². The van der Waals surface area contributed by atoms with Crippen LogP contribution in [0.15, 0.2) is 65.8 Å². The molecule has 2 aromatic rings. The number of rotatable bonds is 4. The predicted molar refractivity (Wildman–Crippen MR) is 115 cm³/mol. The van der Waals surface area contributed by atoms with Crippen molar-refractivity contribution < 1.29 is 19.1 Å². The van der Waals surface area contributed by atoms with Crippen LogP contribution < -0.4 is 9.64 Å². The lowest BCUT2D eigenvalue weighted by Crippen LogP contribution is -2.46. The molecular weight excluding hydrogens is 418 g/mol. The number of halogens is 1. The number of anilines is 1. The maximum absolute atomic E-state index is 13.5. The van der Waals surface area contributed by atoms with Crippen LogP contribution in [0.1, 0.15) is 10.4 Å². The summed E-state index contributed by atoms with van der Waals surface area (Å²) in [7, 11) is 1.55. The van der Waals surface area contributed by atoms with E-state index in [0.717, 1.165) is 4.90 Å². The number of imide groups is 1. The van der Waals surface area contributed by atoms with Gasteiger partial charge < -0.3 is 4.74 Å². The highest BCUT2D eigenvalue weighted by Gasteiger charge is 2.64. The topological polar surface area (TPSA) is 79.3 Å². The molecule has 0 spiro atoms. The molecule has 2 amide bonds. The molecule has 7 nitrogen and oxygen atoms in total. The maximum atomic E-state index is 13.5. The lowest BCUT2D eigenvalue weighted by molar-refractivity contribution is -0.123. The summed E-state index contributed by atoms with van der Waals surface area (Å²) in [6.45, 7) is 0. The number of hydrogen-bond acceptors (Lipinski definition) is 6. The van der Waals surface area contributed by atoms with Gasteiger partial charge in [-0.25, -0.2) is 4.90 Å². The van der Waals surface area contributed by atoms with Gasteiger partial charge in [0.05, 0.1) is 30.7 Å². The summed E-state index contributed by atoms with van der Waals surface area (Å²) in [6, 6.07) is 11.9. The van der Waals surface area contributed by atoms with Crippen molar-refractivity contribution in [3.8, 4) is 5.75 Å². The minimum Gasteiger partial charge on any atom is -0.497 e.